The molecule has 0 aromatic carbocycles. The van der Waals surface area contributed by atoms with Crippen molar-refractivity contribution >= 4 is 26.0 Å². The highest BCUT2D eigenvalue weighted by Crippen LogP contribution is 2.26. The Kier molecular flexibility index (Phi) is 3.31. The van der Waals surface area contributed by atoms with Crippen LogP contribution < -0.4 is 0 Å². The molecule has 12 heavy (non-hydrogen) atoms. The largest absolute Gasteiger partial charge is 0.264 e. The van der Waals surface area contributed by atoms with Gasteiger partial charge in [0, 0.05) is 4.48 Å². The van der Waals surface area contributed by atoms with Crippen LogP contribution in [-0.2, 0) is 14.3 Å². The van der Waals surface area contributed by atoms with Crippen LogP contribution in [0.15, 0.2) is 10.6 Å². The quantitative estimate of drug-likeness (QED) is 0.706. The number of rotatable bonds is 2. The van der Waals surface area contributed by atoms with Crippen molar-refractivity contribution in [1.82, 2.24) is 0 Å². The molecule has 0 heterocycles. The molecule has 0 aliphatic heterocycles. The van der Waals surface area contributed by atoms with E-state index in [1.54, 1.807) is 0 Å². The second-order valence-electron chi connectivity index (χ2n) is 2.81. The first kappa shape index (κ1) is 10.2. The highest BCUT2D eigenvalue weighted by molar-refractivity contribution is 9.11. The summed E-state index contributed by atoms with van der Waals surface area (Å²) in [6.45, 7) is 0. The van der Waals surface area contributed by atoms with Gasteiger partial charge < -0.3 is 0 Å². The standard InChI is InChI=1S/C7H11BrO3S/c1-12(9,10)11-7-5-3-2-4-6(7)8/h4,7H,2-3,5H2,1H3. The van der Waals surface area contributed by atoms with Gasteiger partial charge in [0.2, 0.25) is 0 Å². The zero-order valence-corrected chi connectivity index (χ0v) is 9.19. The summed E-state index contributed by atoms with van der Waals surface area (Å²) in [6, 6.07) is 0. The molecule has 0 saturated carbocycles. The fourth-order valence-electron chi connectivity index (χ4n) is 1.12. The van der Waals surface area contributed by atoms with Crippen LogP contribution in [0.4, 0.5) is 0 Å². The van der Waals surface area contributed by atoms with E-state index in [0.29, 0.717) is 0 Å². The number of hydrogen-bond donors (Lipinski definition) is 0. The van der Waals surface area contributed by atoms with Gasteiger partial charge in [0.15, 0.2) is 0 Å². The smallest absolute Gasteiger partial charge is 0.262 e. The predicted octanol–water partition coefficient (Wildman–Crippen LogP) is 1.79. The van der Waals surface area contributed by atoms with Crippen molar-refractivity contribution in [2.24, 2.45) is 0 Å². The lowest BCUT2D eigenvalue weighted by Crippen LogP contribution is -2.19. The van der Waals surface area contributed by atoms with E-state index in [9.17, 15) is 8.42 Å². The Labute approximate surface area is 81.0 Å². The van der Waals surface area contributed by atoms with Gasteiger partial charge in [0.05, 0.1) is 6.26 Å². The molecule has 0 spiro atoms. The maximum absolute atomic E-state index is 10.8. The highest BCUT2D eigenvalue weighted by Gasteiger charge is 2.20. The maximum atomic E-state index is 10.8. The topological polar surface area (TPSA) is 43.4 Å². The first-order valence-corrected chi connectivity index (χ1v) is 6.34. The van der Waals surface area contributed by atoms with Gasteiger partial charge in [-0.3, -0.25) is 4.18 Å². The van der Waals surface area contributed by atoms with Crippen LogP contribution >= 0.6 is 15.9 Å². The molecule has 5 heteroatoms. The molecule has 3 nitrogen and oxygen atoms in total. The Balaban J connectivity index is 2.64. The normalized spacial score (nSPS) is 25.2. The van der Waals surface area contributed by atoms with Crippen molar-refractivity contribution in [3.05, 3.63) is 10.6 Å². The summed E-state index contributed by atoms with van der Waals surface area (Å²) < 4.78 is 27.2. The molecule has 0 bridgehead atoms. The highest BCUT2D eigenvalue weighted by atomic mass is 79.9. The van der Waals surface area contributed by atoms with Crippen LogP contribution in [0, 0.1) is 0 Å². The van der Waals surface area contributed by atoms with Gasteiger partial charge in [-0.15, -0.1) is 0 Å². The second kappa shape index (κ2) is 3.89. The van der Waals surface area contributed by atoms with Crippen molar-refractivity contribution in [3.8, 4) is 0 Å². The maximum Gasteiger partial charge on any atom is 0.264 e. The van der Waals surface area contributed by atoms with E-state index in [0.717, 1.165) is 30.0 Å². The van der Waals surface area contributed by atoms with Gasteiger partial charge in [0.1, 0.15) is 6.10 Å². The molecule has 1 atom stereocenters. The SMILES string of the molecule is CS(=O)(=O)OC1CCCC=C1Br. The van der Waals surface area contributed by atoms with Crippen molar-refractivity contribution in [1.29, 1.82) is 0 Å². The molecule has 0 amide bonds. The lowest BCUT2D eigenvalue weighted by molar-refractivity contribution is 0.236. The van der Waals surface area contributed by atoms with E-state index in [1.807, 2.05) is 6.08 Å². The monoisotopic (exact) mass is 254 g/mol. The molecule has 0 radical (unpaired) electrons. The van der Waals surface area contributed by atoms with Crippen molar-refractivity contribution < 1.29 is 12.6 Å². The molecular weight excluding hydrogens is 244 g/mol. The number of halogens is 1. The van der Waals surface area contributed by atoms with E-state index in [2.05, 4.69) is 15.9 Å². The third kappa shape index (κ3) is 3.25. The third-order valence-electron chi connectivity index (χ3n) is 1.61. The zero-order valence-electron chi connectivity index (χ0n) is 6.79. The summed E-state index contributed by atoms with van der Waals surface area (Å²) in [5, 5.41) is 0. The van der Waals surface area contributed by atoms with Crippen LogP contribution in [0.3, 0.4) is 0 Å². The van der Waals surface area contributed by atoms with Crippen LogP contribution in [0.2, 0.25) is 0 Å². The molecule has 0 fully saturated rings. The van der Waals surface area contributed by atoms with Crippen molar-refractivity contribution in [3.63, 3.8) is 0 Å². The van der Waals surface area contributed by atoms with Crippen LogP contribution in [-0.4, -0.2) is 20.8 Å². The van der Waals surface area contributed by atoms with Gasteiger partial charge in [0.25, 0.3) is 10.1 Å². The lowest BCUT2D eigenvalue weighted by Gasteiger charge is -2.18. The lowest BCUT2D eigenvalue weighted by atomic mass is 10.1. The van der Waals surface area contributed by atoms with E-state index < -0.39 is 10.1 Å². The first-order valence-electron chi connectivity index (χ1n) is 3.73. The molecular formula is C7H11BrO3S. The first-order chi connectivity index (χ1) is 5.49. The fourth-order valence-corrected chi connectivity index (χ4v) is 2.41. The third-order valence-corrected chi connectivity index (χ3v) is 3.02. The van der Waals surface area contributed by atoms with E-state index in [4.69, 9.17) is 4.18 Å². The zero-order chi connectivity index (χ0) is 9.19. The fraction of sp³-hybridized carbons (Fsp3) is 0.714. The molecule has 0 saturated heterocycles. The van der Waals surface area contributed by atoms with Gasteiger partial charge in [-0.1, -0.05) is 22.0 Å². The van der Waals surface area contributed by atoms with Crippen LogP contribution in [0.1, 0.15) is 19.3 Å². The summed E-state index contributed by atoms with van der Waals surface area (Å²) in [6.07, 6.45) is 5.47. The molecule has 1 aliphatic carbocycles. The summed E-state index contributed by atoms with van der Waals surface area (Å²) in [7, 11) is -3.33. The van der Waals surface area contributed by atoms with Crippen molar-refractivity contribution in [2.75, 3.05) is 6.26 Å². The predicted molar refractivity (Wildman–Crippen MR) is 50.6 cm³/mol. The van der Waals surface area contributed by atoms with E-state index in [1.165, 1.54) is 0 Å². The van der Waals surface area contributed by atoms with Crippen LogP contribution in [0.25, 0.3) is 0 Å². The number of hydrogen-bond acceptors (Lipinski definition) is 3. The summed E-state index contributed by atoms with van der Waals surface area (Å²) in [5.74, 6) is 0. The van der Waals surface area contributed by atoms with E-state index in [-0.39, 0.29) is 6.10 Å². The Morgan fingerprint density at radius 2 is 2.33 bits per heavy atom. The summed E-state index contributed by atoms with van der Waals surface area (Å²) >= 11 is 3.28. The average Bonchev–Trinajstić information content (AvgIpc) is 1.91. The minimum atomic E-state index is -3.33. The molecule has 0 N–H and O–H groups in total. The molecule has 1 unspecified atom stereocenters. The Morgan fingerprint density at radius 1 is 1.67 bits per heavy atom. The Hall–Kier alpha value is 0.130. The Morgan fingerprint density at radius 3 is 2.83 bits per heavy atom. The summed E-state index contributed by atoms with van der Waals surface area (Å²) in [4.78, 5) is 0. The Bertz CT molecular complexity index is 281. The van der Waals surface area contributed by atoms with Crippen molar-refractivity contribution in [2.45, 2.75) is 25.4 Å². The van der Waals surface area contributed by atoms with E-state index >= 15 is 0 Å². The molecule has 0 aromatic rings. The number of allylic oxidation sites excluding steroid dienone is 1. The minimum absolute atomic E-state index is 0.297. The van der Waals surface area contributed by atoms with Gasteiger partial charge in [-0.2, -0.15) is 8.42 Å². The molecule has 1 aliphatic rings. The van der Waals surface area contributed by atoms with Crippen LogP contribution in [0.5, 0.6) is 0 Å². The average molecular weight is 255 g/mol. The second-order valence-corrected chi connectivity index (χ2v) is 5.33. The molecule has 0 aromatic heterocycles. The molecule has 70 valence electrons. The summed E-state index contributed by atoms with van der Waals surface area (Å²) in [5.41, 5.74) is 0. The van der Waals surface area contributed by atoms with Gasteiger partial charge >= 0.3 is 0 Å². The van der Waals surface area contributed by atoms with Gasteiger partial charge in [-0.25, -0.2) is 0 Å². The van der Waals surface area contributed by atoms with Gasteiger partial charge in [-0.05, 0) is 19.3 Å². The molecule has 1 rings (SSSR count). The minimum Gasteiger partial charge on any atom is -0.262 e.